The van der Waals surface area contributed by atoms with Crippen LogP contribution in [0.25, 0.3) is 54.9 Å². The van der Waals surface area contributed by atoms with Crippen molar-refractivity contribution in [3.05, 3.63) is 168 Å². The van der Waals surface area contributed by atoms with Crippen LogP contribution >= 0.6 is 19.3 Å². The molecule has 3 aromatic heterocycles. The van der Waals surface area contributed by atoms with Gasteiger partial charge in [0, 0.05) is 35.2 Å². The van der Waals surface area contributed by atoms with Crippen LogP contribution < -0.4 is 16.0 Å². The number of phenolic OH excluding ortho intramolecular Hbond substituents is 1. The summed E-state index contributed by atoms with van der Waals surface area (Å²) in [6.07, 6.45) is 1.91. The summed E-state index contributed by atoms with van der Waals surface area (Å²) in [5.74, 6) is 0.210. The largest absolute Gasteiger partial charge is 0.507 e. The Bertz CT molecular complexity index is 2600. The fourth-order valence-electron chi connectivity index (χ4n) is 7.09. The van der Waals surface area contributed by atoms with Gasteiger partial charge >= 0.3 is 0 Å². The van der Waals surface area contributed by atoms with Crippen LogP contribution in [0.15, 0.2) is 157 Å². The number of hydrogen-bond acceptors (Lipinski definition) is 4. The van der Waals surface area contributed by atoms with E-state index in [1.54, 1.807) is 17.4 Å². The fraction of sp³-hybridized carbons (Fsp3) is 0.160. The fourth-order valence-corrected chi connectivity index (χ4v) is 10.8. The first kappa shape index (κ1) is 36.6. The van der Waals surface area contributed by atoms with E-state index in [0.717, 1.165) is 33.5 Å². The lowest BCUT2D eigenvalue weighted by molar-refractivity contribution is 0.477. The predicted octanol–water partition coefficient (Wildman–Crippen LogP) is 12.4. The molecule has 0 fully saturated rings. The second-order valence-electron chi connectivity index (χ2n) is 16.2. The Kier molecular flexibility index (Phi) is 9.76. The van der Waals surface area contributed by atoms with Gasteiger partial charge in [0.05, 0.1) is 16.8 Å². The van der Waals surface area contributed by atoms with Crippen molar-refractivity contribution in [2.24, 2.45) is 0 Å². The van der Waals surface area contributed by atoms with Crippen molar-refractivity contribution in [1.29, 1.82) is 0 Å². The minimum atomic E-state index is -1.08. The highest BCUT2D eigenvalue weighted by Crippen LogP contribution is 2.43. The molecule has 272 valence electrons. The Balaban J connectivity index is 1.36. The molecule has 1 atom stereocenters. The van der Waals surface area contributed by atoms with Crippen molar-refractivity contribution in [1.82, 2.24) is 9.97 Å². The first-order valence-electron chi connectivity index (χ1n) is 18.8. The topological polar surface area (TPSA) is 46.0 Å². The van der Waals surface area contributed by atoms with Crippen molar-refractivity contribution in [3.8, 4) is 50.5 Å². The molecule has 0 aliphatic rings. The average molecular weight is 753 g/mol. The van der Waals surface area contributed by atoms with E-state index in [1.165, 1.54) is 42.9 Å². The van der Waals surface area contributed by atoms with E-state index >= 15 is 0 Å². The molecule has 1 N–H and O–H groups in total. The highest BCUT2D eigenvalue weighted by Gasteiger charge is 2.26. The minimum absolute atomic E-state index is 0.0343. The van der Waals surface area contributed by atoms with Gasteiger partial charge in [0.15, 0.2) is 0 Å². The third-order valence-electron chi connectivity index (χ3n) is 10.2. The number of para-hydroxylation sites is 1. The van der Waals surface area contributed by atoms with Crippen molar-refractivity contribution >= 4 is 45.4 Å². The molecule has 5 aromatic carbocycles. The zero-order valence-corrected chi connectivity index (χ0v) is 33.9. The molecule has 0 spiro atoms. The summed E-state index contributed by atoms with van der Waals surface area (Å²) in [4.78, 5) is 10.3. The van der Waals surface area contributed by atoms with Crippen LogP contribution in [0.5, 0.6) is 5.75 Å². The lowest BCUT2D eigenvalue weighted by Gasteiger charge is -2.26. The Morgan fingerprint density at radius 3 is 1.93 bits per heavy atom. The molecule has 0 aliphatic heterocycles. The van der Waals surface area contributed by atoms with Gasteiger partial charge in [-0.1, -0.05) is 139 Å². The average Bonchev–Trinajstić information content (AvgIpc) is 3.68. The highest BCUT2D eigenvalue weighted by molar-refractivity contribution is 7.80. The van der Waals surface area contributed by atoms with E-state index in [9.17, 15) is 5.11 Å². The Hall–Kier alpha value is -5.41. The molecule has 0 amide bonds. The normalized spacial score (nSPS) is 12.5. The molecule has 5 heteroatoms. The summed E-state index contributed by atoms with van der Waals surface area (Å²) >= 11 is 1.80. The smallest absolute Gasteiger partial charge is 0.124 e. The standard InChI is InChI=1S/C50H45N2OPS/c1-49(2,3)38-27-36(28-39(32-38)50(4,5)6)37-30-43(52-44(31-37)42-19-10-11-20-45(42)53)35-17-14-18-40(29-35)54(46-21-12-13-25-51-46)47-41(33-15-8-7-9-16-33)23-22-34-24-26-55-48(34)47/h7-32,53H,1-6H3. The number of aromatic nitrogens is 2. The predicted molar refractivity (Wildman–Crippen MR) is 237 cm³/mol. The van der Waals surface area contributed by atoms with Crippen LogP contribution in [0.4, 0.5) is 0 Å². The monoisotopic (exact) mass is 752 g/mol. The number of rotatable bonds is 7. The van der Waals surface area contributed by atoms with Gasteiger partial charge in [0.2, 0.25) is 0 Å². The molecular formula is C50H45N2OPS. The van der Waals surface area contributed by atoms with Gasteiger partial charge in [-0.05, 0) is 109 Å². The van der Waals surface area contributed by atoms with Gasteiger partial charge in [-0.3, -0.25) is 4.98 Å². The van der Waals surface area contributed by atoms with Gasteiger partial charge in [0.1, 0.15) is 5.75 Å². The number of nitrogens with zero attached hydrogens (tertiary/aromatic N) is 2. The van der Waals surface area contributed by atoms with Gasteiger partial charge in [-0.2, -0.15) is 0 Å². The lowest BCUT2D eigenvalue weighted by Crippen LogP contribution is -2.24. The summed E-state index contributed by atoms with van der Waals surface area (Å²) < 4.78 is 1.29. The molecule has 1 unspecified atom stereocenters. The van der Waals surface area contributed by atoms with E-state index in [2.05, 4.69) is 162 Å². The van der Waals surface area contributed by atoms with E-state index in [0.29, 0.717) is 5.56 Å². The van der Waals surface area contributed by atoms with Crippen molar-refractivity contribution in [2.75, 3.05) is 0 Å². The van der Waals surface area contributed by atoms with Crippen LogP contribution in [0.2, 0.25) is 0 Å². The molecule has 3 heterocycles. The third-order valence-corrected chi connectivity index (χ3v) is 13.7. The molecule has 0 bridgehead atoms. The number of pyridine rings is 2. The lowest BCUT2D eigenvalue weighted by atomic mass is 9.79. The SMILES string of the molecule is CC(C)(C)c1cc(-c2cc(-c3cccc(P(c4ccccn4)c4c(-c5ccccc5)ccc5ccsc45)c3)nc(-c3ccccc3O)c2)cc(C(C)(C)C)c1. The molecular weight excluding hydrogens is 708 g/mol. The van der Waals surface area contributed by atoms with Crippen LogP contribution in [0.1, 0.15) is 52.7 Å². The minimum Gasteiger partial charge on any atom is -0.507 e. The molecule has 55 heavy (non-hydrogen) atoms. The third kappa shape index (κ3) is 7.50. The second-order valence-corrected chi connectivity index (χ2v) is 19.2. The molecule has 0 saturated carbocycles. The van der Waals surface area contributed by atoms with Crippen LogP contribution in [0.3, 0.4) is 0 Å². The van der Waals surface area contributed by atoms with Gasteiger partial charge in [0.25, 0.3) is 0 Å². The number of fused-ring (bicyclic) bond motifs is 1. The first-order valence-corrected chi connectivity index (χ1v) is 21.0. The quantitative estimate of drug-likeness (QED) is 0.165. The summed E-state index contributed by atoms with van der Waals surface area (Å²) in [5.41, 5.74) is 11.5. The molecule has 0 saturated heterocycles. The first-order chi connectivity index (χ1) is 26.4. The van der Waals surface area contributed by atoms with Crippen LogP contribution in [-0.4, -0.2) is 15.1 Å². The van der Waals surface area contributed by atoms with Crippen molar-refractivity contribution < 1.29 is 5.11 Å². The molecule has 0 aliphatic carbocycles. The van der Waals surface area contributed by atoms with Gasteiger partial charge < -0.3 is 5.11 Å². The summed E-state index contributed by atoms with van der Waals surface area (Å²) in [6, 6.07) is 51.4. The number of phenols is 1. The maximum atomic E-state index is 11.1. The highest BCUT2D eigenvalue weighted by atomic mass is 32.1. The van der Waals surface area contributed by atoms with Gasteiger partial charge in [-0.15, -0.1) is 11.3 Å². The van der Waals surface area contributed by atoms with Crippen molar-refractivity contribution in [2.45, 2.75) is 52.4 Å². The summed E-state index contributed by atoms with van der Waals surface area (Å²) in [7, 11) is -1.08. The summed E-state index contributed by atoms with van der Waals surface area (Å²) in [6.45, 7) is 13.6. The molecule has 0 radical (unpaired) electrons. The molecule has 8 rings (SSSR count). The van der Waals surface area contributed by atoms with E-state index in [1.807, 2.05) is 30.5 Å². The van der Waals surface area contributed by atoms with Crippen LogP contribution in [0, 0.1) is 0 Å². The zero-order valence-electron chi connectivity index (χ0n) is 32.2. The Morgan fingerprint density at radius 1 is 0.545 bits per heavy atom. The zero-order chi connectivity index (χ0) is 38.3. The van der Waals surface area contributed by atoms with E-state index in [-0.39, 0.29) is 16.6 Å². The molecule has 8 aromatic rings. The number of hydrogen-bond donors (Lipinski definition) is 1. The summed E-state index contributed by atoms with van der Waals surface area (Å²) in [5, 5.41) is 17.1. The number of aromatic hydroxyl groups is 1. The number of benzene rings is 5. The van der Waals surface area contributed by atoms with Crippen LogP contribution in [-0.2, 0) is 10.8 Å². The second kappa shape index (κ2) is 14.7. The maximum absolute atomic E-state index is 11.1. The Labute approximate surface area is 330 Å². The number of thiophene rings is 1. The Morgan fingerprint density at radius 2 is 1.22 bits per heavy atom. The maximum Gasteiger partial charge on any atom is 0.124 e. The van der Waals surface area contributed by atoms with Gasteiger partial charge in [-0.25, -0.2) is 4.98 Å². The van der Waals surface area contributed by atoms with E-state index < -0.39 is 7.92 Å². The molecule has 3 nitrogen and oxygen atoms in total. The van der Waals surface area contributed by atoms with Crippen molar-refractivity contribution in [3.63, 3.8) is 0 Å². The van der Waals surface area contributed by atoms with E-state index in [4.69, 9.17) is 9.97 Å².